The van der Waals surface area contributed by atoms with E-state index in [1.165, 1.54) is 12.1 Å². The molecule has 8 nitrogen and oxygen atoms in total. The lowest BCUT2D eigenvalue weighted by molar-refractivity contribution is -0.384. The summed E-state index contributed by atoms with van der Waals surface area (Å²) in [6.45, 7) is 2.05. The highest BCUT2D eigenvalue weighted by Crippen LogP contribution is 2.22. The molecule has 1 atom stereocenters. The van der Waals surface area contributed by atoms with Crippen LogP contribution in [0.5, 0.6) is 0 Å². The van der Waals surface area contributed by atoms with Gasteiger partial charge in [0, 0.05) is 24.4 Å². The summed E-state index contributed by atoms with van der Waals surface area (Å²) in [5.41, 5.74) is 5.42. The molecule has 8 heteroatoms. The molecule has 0 bridgehead atoms. The lowest BCUT2D eigenvalue weighted by Gasteiger charge is -2.11. The van der Waals surface area contributed by atoms with Gasteiger partial charge in [0.15, 0.2) is 0 Å². The Balaban J connectivity index is 2.68. The second kappa shape index (κ2) is 7.22. The molecular formula is C13H17N3O5. The van der Waals surface area contributed by atoms with E-state index in [1.807, 2.05) is 0 Å². The summed E-state index contributed by atoms with van der Waals surface area (Å²) in [7, 11) is 0. The summed E-state index contributed by atoms with van der Waals surface area (Å²) >= 11 is 0. The van der Waals surface area contributed by atoms with Crippen LogP contribution in [0.1, 0.15) is 30.1 Å². The van der Waals surface area contributed by atoms with Crippen LogP contribution >= 0.6 is 0 Å². The molecule has 0 heterocycles. The van der Waals surface area contributed by atoms with E-state index in [2.05, 4.69) is 5.32 Å². The van der Waals surface area contributed by atoms with E-state index >= 15 is 0 Å². The number of nitrogens with two attached hydrogens (primary N) is 1. The molecule has 114 valence electrons. The Kier molecular flexibility index (Phi) is 5.65. The van der Waals surface area contributed by atoms with E-state index in [0.717, 1.165) is 6.07 Å². The number of amides is 1. The average molecular weight is 295 g/mol. The molecule has 1 unspecified atom stereocenters. The summed E-state index contributed by atoms with van der Waals surface area (Å²) in [4.78, 5) is 32.0. The Hall–Kier alpha value is -2.64. The van der Waals surface area contributed by atoms with Crippen LogP contribution in [0.15, 0.2) is 18.2 Å². The summed E-state index contributed by atoms with van der Waals surface area (Å²) in [6.07, 6.45) is 1.07. The molecule has 0 aromatic heterocycles. The van der Waals surface area contributed by atoms with E-state index in [0.29, 0.717) is 25.1 Å². The number of primary amides is 1. The third-order valence-electron chi connectivity index (χ3n) is 3.03. The van der Waals surface area contributed by atoms with Crippen molar-refractivity contribution in [3.8, 4) is 0 Å². The highest BCUT2D eigenvalue weighted by molar-refractivity contribution is 5.99. The number of hydrogen-bond acceptors (Lipinski definition) is 5. The van der Waals surface area contributed by atoms with Gasteiger partial charge in [-0.25, -0.2) is 0 Å². The van der Waals surface area contributed by atoms with Gasteiger partial charge < -0.3 is 16.2 Å². The van der Waals surface area contributed by atoms with Gasteiger partial charge in [-0.3, -0.25) is 19.7 Å². The van der Waals surface area contributed by atoms with E-state index in [4.69, 9.17) is 10.8 Å². The fourth-order valence-electron chi connectivity index (χ4n) is 1.76. The number of nitro groups is 1. The number of aliphatic carboxylic acids is 1. The number of carboxylic acids is 1. The molecule has 4 N–H and O–H groups in total. The van der Waals surface area contributed by atoms with Crippen LogP contribution in [0, 0.1) is 16.0 Å². The van der Waals surface area contributed by atoms with Gasteiger partial charge in [0.25, 0.3) is 11.6 Å². The Morgan fingerprint density at radius 2 is 2.14 bits per heavy atom. The Bertz CT molecular complexity index is 559. The SMILES string of the molecule is CC(CCCNc1ccc([N+](=O)[O-])cc1C(N)=O)C(=O)O. The first-order valence-electron chi connectivity index (χ1n) is 6.38. The third kappa shape index (κ3) is 4.75. The molecule has 0 saturated heterocycles. The summed E-state index contributed by atoms with van der Waals surface area (Å²) < 4.78 is 0. The second-order valence-electron chi connectivity index (χ2n) is 4.66. The normalized spacial score (nSPS) is 11.7. The topological polar surface area (TPSA) is 136 Å². The van der Waals surface area contributed by atoms with Gasteiger partial charge in [0.1, 0.15) is 0 Å². The van der Waals surface area contributed by atoms with Gasteiger partial charge in [-0.05, 0) is 18.9 Å². The zero-order chi connectivity index (χ0) is 16.0. The smallest absolute Gasteiger partial charge is 0.306 e. The summed E-state index contributed by atoms with van der Waals surface area (Å²) in [5, 5.41) is 22.4. The summed E-state index contributed by atoms with van der Waals surface area (Å²) in [6, 6.07) is 3.80. The van der Waals surface area contributed by atoms with Crippen LogP contribution in [0.4, 0.5) is 11.4 Å². The number of anilines is 1. The number of nitrogens with one attached hydrogen (secondary N) is 1. The maximum Gasteiger partial charge on any atom is 0.306 e. The molecule has 0 aliphatic rings. The predicted molar refractivity (Wildman–Crippen MR) is 76.1 cm³/mol. The van der Waals surface area contributed by atoms with Gasteiger partial charge in [-0.2, -0.15) is 0 Å². The number of rotatable bonds is 8. The van der Waals surface area contributed by atoms with Gasteiger partial charge >= 0.3 is 5.97 Å². The van der Waals surface area contributed by atoms with Gasteiger partial charge in [-0.15, -0.1) is 0 Å². The second-order valence-corrected chi connectivity index (χ2v) is 4.66. The van der Waals surface area contributed by atoms with Crippen LogP contribution in [-0.2, 0) is 4.79 Å². The number of benzene rings is 1. The molecule has 0 aliphatic carbocycles. The monoisotopic (exact) mass is 295 g/mol. The fourth-order valence-corrected chi connectivity index (χ4v) is 1.76. The van der Waals surface area contributed by atoms with Crippen molar-refractivity contribution in [2.24, 2.45) is 11.7 Å². The molecule has 0 aliphatic heterocycles. The highest BCUT2D eigenvalue weighted by atomic mass is 16.6. The Morgan fingerprint density at radius 1 is 1.48 bits per heavy atom. The number of carbonyl (C=O) groups excluding carboxylic acids is 1. The summed E-state index contributed by atoms with van der Waals surface area (Å²) in [5.74, 6) is -2.07. The van der Waals surface area contributed by atoms with Gasteiger partial charge in [0.05, 0.1) is 16.4 Å². The van der Waals surface area contributed by atoms with Crippen LogP contribution < -0.4 is 11.1 Å². The van der Waals surface area contributed by atoms with Crippen molar-refractivity contribution in [2.75, 3.05) is 11.9 Å². The highest BCUT2D eigenvalue weighted by Gasteiger charge is 2.15. The minimum Gasteiger partial charge on any atom is -0.481 e. The molecule has 1 aromatic rings. The molecule has 0 saturated carbocycles. The first kappa shape index (κ1) is 16.4. The fraction of sp³-hybridized carbons (Fsp3) is 0.385. The first-order chi connectivity index (χ1) is 9.82. The van der Waals surface area contributed by atoms with Crippen molar-refractivity contribution in [2.45, 2.75) is 19.8 Å². The standard InChI is InChI=1S/C13H17N3O5/c1-8(13(18)19)3-2-6-15-11-5-4-9(16(20)21)7-10(11)12(14)17/h4-5,7-8,15H,2-3,6H2,1H3,(H2,14,17)(H,18,19). The van der Waals surface area contributed by atoms with Gasteiger partial charge in [0.2, 0.25) is 0 Å². The molecule has 21 heavy (non-hydrogen) atoms. The molecule has 0 radical (unpaired) electrons. The molecule has 0 fully saturated rings. The van der Waals surface area contributed by atoms with E-state index in [1.54, 1.807) is 6.92 Å². The minimum atomic E-state index is -0.858. The van der Waals surface area contributed by atoms with Crippen molar-refractivity contribution in [1.82, 2.24) is 0 Å². The van der Waals surface area contributed by atoms with Crippen LogP contribution in [0.2, 0.25) is 0 Å². The molecule has 1 amide bonds. The van der Waals surface area contributed by atoms with Crippen molar-refractivity contribution in [3.05, 3.63) is 33.9 Å². The van der Waals surface area contributed by atoms with Crippen molar-refractivity contribution >= 4 is 23.3 Å². The van der Waals surface area contributed by atoms with Gasteiger partial charge in [-0.1, -0.05) is 6.92 Å². The largest absolute Gasteiger partial charge is 0.481 e. The first-order valence-corrected chi connectivity index (χ1v) is 6.38. The van der Waals surface area contributed by atoms with E-state index < -0.39 is 22.7 Å². The number of carboxylic acid groups (broad SMARTS) is 1. The van der Waals surface area contributed by atoms with Crippen molar-refractivity contribution in [3.63, 3.8) is 0 Å². The predicted octanol–water partition coefficient (Wildman–Crippen LogP) is 1.61. The Labute approximate surface area is 121 Å². The molecule has 0 spiro atoms. The lowest BCUT2D eigenvalue weighted by atomic mass is 10.1. The van der Waals surface area contributed by atoms with E-state index in [9.17, 15) is 19.7 Å². The zero-order valence-electron chi connectivity index (χ0n) is 11.5. The lowest BCUT2D eigenvalue weighted by Crippen LogP contribution is -2.16. The van der Waals surface area contributed by atoms with Crippen molar-refractivity contribution < 1.29 is 19.6 Å². The maximum absolute atomic E-state index is 11.3. The van der Waals surface area contributed by atoms with Crippen LogP contribution in [-0.4, -0.2) is 28.5 Å². The average Bonchev–Trinajstić information content (AvgIpc) is 2.42. The minimum absolute atomic E-state index is 0.0375. The third-order valence-corrected chi connectivity index (χ3v) is 3.03. The number of non-ortho nitro benzene ring substituents is 1. The number of nitrogens with zero attached hydrogens (tertiary/aromatic N) is 1. The quantitative estimate of drug-likeness (QED) is 0.378. The molecule has 1 aromatic carbocycles. The number of carbonyl (C=O) groups is 2. The molecule has 1 rings (SSSR count). The maximum atomic E-state index is 11.3. The zero-order valence-corrected chi connectivity index (χ0v) is 11.5. The van der Waals surface area contributed by atoms with Crippen molar-refractivity contribution in [1.29, 1.82) is 0 Å². The Morgan fingerprint density at radius 3 is 2.67 bits per heavy atom. The van der Waals surface area contributed by atoms with E-state index in [-0.39, 0.29) is 11.3 Å². The van der Waals surface area contributed by atoms with Crippen LogP contribution in [0.25, 0.3) is 0 Å². The number of nitro benzene ring substituents is 1. The van der Waals surface area contributed by atoms with Crippen LogP contribution in [0.3, 0.4) is 0 Å². The molecular weight excluding hydrogens is 278 g/mol. The number of hydrogen-bond donors (Lipinski definition) is 3.